The zero-order valence-corrected chi connectivity index (χ0v) is 17.2. The van der Waals surface area contributed by atoms with Crippen LogP contribution in [0.4, 0.5) is 5.69 Å². The van der Waals surface area contributed by atoms with Crippen LogP contribution in [-0.4, -0.2) is 19.1 Å². The number of unbranched alkanes of at least 4 members (excludes halogenated alkanes) is 4. The molecule has 4 heteroatoms. The average Bonchev–Trinajstić information content (AvgIpc) is 2.73. The molecule has 1 amide bonds. The van der Waals surface area contributed by atoms with Gasteiger partial charge in [-0.3, -0.25) is 4.79 Å². The standard InChI is InChI=1S/C24H34N2O2/c1-3-5-6-7-11-18-28-22-16-14-21(15-17-22)26-24(27)19-25-23(4-2)20-12-9-8-10-13-20/h8-10,12-17,23,25H,3-7,11,18-19H2,1-2H3,(H,26,27). The minimum atomic E-state index is -0.0426. The van der Waals surface area contributed by atoms with Gasteiger partial charge in [-0.05, 0) is 42.7 Å². The molecule has 4 nitrogen and oxygen atoms in total. The molecule has 2 N–H and O–H groups in total. The molecule has 0 heterocycles. The molecular formula is C24H34N2O2. The predicted molar refractivity (Wildman–Crippen MR) is 117 cm³/mol. The van der Waals surface area contributed by atoms with E-state index in [1.165, 1.54) is 31.2 Å². The van der Waals surface area contributed by atoms with E-state index in [9.17, 15) is 4.79 Å². The Hall–Kier alpha value is -2.33. The Bertz CT molecular complexity index is 671. The summed E-state index contributed by atoms with van der Waals surface area (Å²) < 4.78 is 5.76. The topological polar surface area (TPSA) is 50.4 Å². The first kappa shape index (κ1) is 22.0. The number of anilines is 1. The summed E-state index contributed by atoms with van der Waals surface area (Å²) in [4.78, 5) is 12.2. The van der Waals surface area contributed by atoms with E-state index in [1.807, 2.05) is 42.5 Å². The second kappa shape index (κ2) is 12.9. The maximum Gasteiger partial charge on any atom is 0.238 e. The number of amides is 1. The van der Waals surface area contributed by atoms with Gasteiger partial charge in [0.2, 0.25) is 5.91 Å². The lowest BCUT2D eigenvalue weighted by atomic mass is 10.0. The van der Waals surface area contributed by atoms with E-state index in [0.717, 1.165) is 30.9 Å². The van der Waals surface area contributed by atoms with Crippen molar-refractivity contribution in [1.29, 1.82) is 0 Å². The fourth-order valence-corrected chi connectivity index (χ4v) is 3.13. The van der Waals surface area contributed by atoms with E-state index in [0.29, 0.717) is 0 Å². The highest BCUT2D eigenvalue weighted by molar-refractivity contribution is 5.92. The van der Waals surface area contributed by atoms with Gasteiger partial charge in [0.1, 0.15) is 5.75 Å². The van der Waals surface area contributed by atoms with Gasteiger partial charge in [-0.25, -0.2) is 0 Å². The third-order valence-electron chi connectivity index (χ3n) is 4.77. The van der Waals surface area contributed by atoms with E-state index in [2.05, 4.69) is 36.6 Å². The minimum absolute atomic E-state index is 0.0426. The van der Waals surface area contributed by atoms with Crippen LogP contribution in [0.15, 0.2) is 54.6 Å². The number of ether oxygens (including phenoxy) is 1. The first-order valence-electron chi connectivity index (χ1n) is 10.5. The number of rotatable bonds is 13. The summed E-state index contributed by atoms with van der Waals surface area (Å²) in [5, 5.41) is 6.26. The van der Waals surface area contributed by atoms with E-state index < -0.39 is 0 Å². The molecule has 2 aromatic carbocycles. The highest BCUT2D eigenvalue weighted by Crippen LogP contribution is 2.17. The van der Waals surface area contributed by atoms with Crippen molar-refractivity contribution in [2.75, 3.05) is 18.5 Å². The molecule has 152 valence electrons. The van der Waals surface area contributed by atoms with Gasteiger partial charge < -0.3 is 15.4 Å². The number of hydrogen-bond donors (Lipinski definition) is 2. The van der Waals surface area contributed by atoms with Gasteiger partial charge in [0.15, 0.2) is 0 Å². The van der Waals surface area contributed by atoms with Crippen molar-refractivity contribution >= 4 is 11.6 Å². The van der Waals surface area contributed by atoms with Crippen LogP contribution in [0.5, 0.6) is 5.75 Å². The summed E-state index contributed by atoms with van der Waals surface area (Å²) in [5.41, 5.74) is 1.99. The lowest BCUT2D eigenvalue weighted by Crippen LogP contribution is -2.31. The van der Waals surface area contributed by atoms with Gasteiger partial charge >= 0.3 is 0 Å². The molecule has 0 saturated heterocycles. The Balaban J connectivity index is 1.70. The maximum atomic E-state index is 12.2. The molecule has 0 radical (unpaired) electrons. The number of carbonyl (C=O) groups excluding carboxylic acids is 1. The summed E-state index contributed by atoms with van der Waals surface area (Å²) in [7, 11) is 0. The Morgan fingerprint density at radius 1 is 0.929 bits per heavy atom. The smallest absolute Gasteiger partial charge is 0.238 e. The number of hydrogen-bond acceptors (Lipinski definition) is 3. The number of benzene rings is 2. The molecule has 0 bridgehead atoms. The normalized spacial score (nSPS) is 11.8. The second-order valence-electron chi connectivity index (χ2n) is 7.09. The van der Waals surface area contributed by atoms with Crippen LogP contribution >= 0.6 is 0 Å². The molecule has 28 heavy (non-hydrogen) atoms. The van der Waals surface area contributed by atoms with Crippen LogP contribution in [0.2, 0.25) is 0 Å². The highest BCUT2D eigenvalue weighted by Gasteiger charge is 2.10. The summed E-state index contributed by atoms with van der Waals surface area (Å²) in [5.74, 6) is 0.806. The van der Waals surface area contributed by atoms with E-state index in [1.54, 1.807) is 0 Å². The van der Waals surface area contributed by atoms with E-state index >= 15 is 0 Å². The van der Waals surface area contributed by atoms with Gasteiger partial charge in [0.25, 0.3) is 0 Å². The number of nitrogens with one attached hydrogen (secondary N) is 2. The molecule has 2 rings (SSSR count). The van der Waals surface area contributed by atoms with Crippen LogP contribution in [-0.2, 0) is 4.79 Å². The van der Waals surface area contributed by atoms with Crippen molar-refractivity contribution in [3.8, 4) is 5.75 Å². The van der Waals surface area contributed by atoms with Crippen molar-refractivity contribution in [3.63, 3.8) is 0 Å². The SMILES string of the molecule is CCCCCCCOc1ccc(NC(=O)CNC(CC)c2ccccc2)cc1. The minimum Gasteiger partial charge on any atom is -0.494 e. The van der Waals surface area contributed by atoms with Crippen LogP contribution in [0.1, 0.15) is 64.0 Å². The van der Waals surface area contributed by atoms with Gasteiger partial charge in [-0.15, -0.1) is 0 Å². The Kier molecular flexibility index (Phi) is 10.2. The third-order valence-corrected chi connectivity index (χ3v) is 4.77. The largest absolute Gasteiger partial charge is 0.494 e. The molecule has 2 aromatic rings. The van der Waals surface area contributed by atoms with Crippen molar-refractivity contribution in [1.82, 2.24) is 5.32 Å². The van der Waals surface area contributed by atoms with Crippen molar-refractivity contribution in [2.24, 2.45) is 0 Å². The van der Waals surface area contributed by atoms with Gasteiger partial charge in [-0.1, -0.05) is 69.9 Å². The molecule has 0 aliphatic heterocycles. The van der Waals surface area contributed by atoms with E-state index in [-0.39, 0.29) is 18.5 Å². The van der Waals surface area contributed by atoms with Crippen LogP contribution in [0, 0.1) is 0 Å². The fourth-order valence-electron chi connectivity index (χ4n) is 3.13. The monoisotopic (exact) mass is 382 g/mol. The van der Waals surface area contributed by atoms with Crippen molar-refractivity contribution < 1.29 is 9.53 Å². The summed E-state index contributed by atoms with van der Waals surface area (Å²) >= 11 is 0. The first-order valence-corrected chi connectivity index (χ1v) is 10.5. The number of carbonyl (C=O) groups is 1. The average molecular weight is 383 g/mol. The first-order chi connectivity index (χ1) is 13.7. The Morgan fingerprint density at radius 3 is 2.32 bits per heavy atom. The zero-order valence-electron chi connectivity index (χ0n) is 17.2. The molecule has 0 aromatic heterocycles. The van der Waals surface area contributed by atoms with Crippen molar-refractivity contribution in [2.45, 2.75) is 58.4 Å². The molecule has 1 unspecified atom stereocenters. The van der Waals surface area contributed by atoms with Gasteiger partial charge in [0.05, 0.1) is 13.2 Å². The van der Waals surface area contributed by atoms with Crippen LogP contribution < -0.4 is 15.4 Å². The summed E-state index contributed by atoms with van der Waals surface area (Å²) in [6.07, 6.45) is 7.08. The fraction of sp³-hybridized carbons (Fsp3) is 0.458. The van der Waals surface area contributed by atoms with Crippen LogP contribution in [0.25, 0.3) is 0 Å². The molecular weight excluding hydrogens is 348 g/mol. The third kappa shape index (κ3) is 8.13. The van der Waals surface area contributed by atoms with Crippen molar-refractivity contribution in [3.05, 3.63) is 60.2 Å². The molecule has 0 saturated carbocycles. The van der Waals surface area contributed by atoms with Gasteiger partial charge in [0, 0.05) is 11.7 Å². The van der Waals surface area contributed by atoms with Gasteiger partial charge in [-0.2, -0.15) is 0 Å². The predicted octanol–water partition coefficient (Wildman–Crippen LogP) is 5.72. The molecule has 0 spiro atoms. The second-order valence-corrected chi connectivity index (χ2v) is 7.09. The lowest BCUT2D eigenvalue weighted by Gasteiger charge is -2.17. The summed E-state index contributed by atoms with van der Waals surface area (Å²) in [6, 6.07) is 18.0. The highest BCUT2D eigenvalue weighted by atomic mass is 16.5. The molecule has 0 aliphatic carbocycles. The Labute approximate surface area is 169 Å². The quantitative estimate of drug-likeness (QED) is 0.436. The maximum absolute atomic E-state index is 12.2. The summed E-state index contributed by atoms with van der Waals surface area (Å²) in [6.45, 7) is 5.37. The molecule has 1 atom stereocenters. The molecule has 0 fully saturated rings. The molecule has 0 aliphatic rings. The van der Waals surface area contributed by atoms with E-state index in [4.69, 9.17) is 4.74 Å². The Morgan fingerprint density at radius 2 is 1.64 bits per heavy atom. The van der Waals surface area contributed by atoms with Crippen LogP contribution in [0.3, 0.4) is 0 Å². The lowest BCUT2D eigenvalue weighted by molar-refractivity contribution is -0.115. The zero-order chi connectivity index (χ0) is 20.0.